The number of piperidine rings is 1. The molecule has 0 N–H and O–H groups in total. The van der Waals surface area contributed by atoms with Gasteiger partial charge in [0.2, 0.25) is 0 Å². The van der Waals surface area contributed by atoms with E-state index < -0.39 is 12.1 Å². The van der Waals surface area contributed by atoms with Gasteiger partial charge in [-0.1, -0.05) is 6.92 Å². The quantitative estimate of drug-likeness (QED) is 0.751. The fourth-order valence-electron chi connectivity index (χ4n) is 3.32. The van der Waals surface area contributed by atoms with Crippen molar-refractivity contribution in [2.24, 2.45) is 5.41 Å². The van der Waals surface area contributed by atoms with Crippen molar-refractivity contribution in [3.63, 3.8) is 0 Å². The van der Waals surface area contributed by atoms with Gasteiger partial charge in [0.05, 0.1) is 25.4 Å². The van der Waals surface area contributed by atoms with Crippen LogP contribution in [0.1, 0.15) is 47.8 Å². The summed E-state index contributed by atoms with van der Waals surface area (Å²) in [5, 5.41) is 9.30. The first-order chi connectivity index (χ1) is 12.4. The number of hydrogen-bond donors (Lipinski definition) is 0. The standard InChI is InChI=1S/C19H24FN3O3/c1-12-8-14(18(24)25-3)15(10-21)22-17(12)23-6-4-13(5-7-23)26-11-19(2)9-16(19)20/h8,13,16H,4-7,9,11H2,1-3H3/t16-,19+/m1/s1. The first kappa shape index (κ1) is 18.6. The zero-order valence-corrected chi connectivity index (χ0v) is 15.4. The number of pyridine rings is 1. The fourth-order valence-corrected chi connectivity index (χ4v) is 3.32. The molecule has 1 aliphatic carbocycles. The Hall–Kier alpha value is -2.20. The molecule has 0 spiro atoms. The summed E-state index contributed by atoms with van der Waals surface area (Å²) in [5.41, 5.74) is 0.801. The lowest BCUT2D eigenvalue weighted by Gasteiger charge is -2.34. The van der Waals surface area contributed by atoms with E-state index in [2.05, 4.69) is 9.88 Å². The molecule has 0 unspecified atom stereocenters. The van der Waals surface area contributed by atoms with Crippen LogP contribution >= 0.6 is 0 Å². The summed E-state index contributed by atoms with van der Waals surface area (Å²) < 4.78 is 23.9. The van der Waals surface area contributed by atoms with E-state index >= 15 is 0 Å². The number of carbonyl (C=O) groups is 1. The van der Waals surface area contributed by atoms with Gasteiger partial charge in [0.1, 0.15) is 18.1 Å². The maximum absolute atomic E-state index is 13.3. The molecule has 0 radical (unpaired) electrons. The Kier molecular flexibility index (Phi) is 5.15. The number of aryl methyl sites for hydroxylation is 1. The number of halogens is 1. The molecule has 0 bridgehead atoms. The van der Waals surface area contributed by atoms with Gasteiger partial charge >= 0.3 is 5.97 Å². The Morgan fingerprint density at radius 1 is 1.50 bits per heavy atom. The van der Waals surface area contributed by atoms with Crippen molar-refractivity contribution < 1.29 is 18.7 Å². The van der Waals surface area contributed by atoms with E-state index in [1.54, 1.807) is 6.07 Å². The fraction of sp³-hybridized carbons (Fsp3) is 0.632. The molecule has 2 heterocycles. The molecule has 6 nitrogen and oxygen atoms in total. The molecule has 1 aromatic rings. The second-order valence-electron chi connectivity index (χ2n) is 7.45. The Morgan fingerprint density at radius 3 is 2.69 bits per heavy atom. The molecule has 140 valence electrons. The van der Waals surface area contributed by atoms with E-state index in [1.807, 2.05) is 19.9 Å². The predicted molar refractivity (Wildman–Crippen MR) is 93.8 cm³/mol. The molecule has 2 fully saturated rings. The van der Waals surface area contributed by atoms with Gasteiger partial charge in [0.25, 0.3) is 0 Å². The van der Waals surface area contributed by atoms with Crippen LogP contribution in [0.2, 0.25) is 0 Å². The summed E-state index contributed by atoms with van der Waals surface area (Å²) in [6.45, 7) is 5.76. The third-order valence-electron chi connectivity index (χ3n) is 5.33. The number of methoxy groups -OCH3 is 1. The van der Waals surface area contributed by atoms with Crippen LogP contribution in [0, 0.1) is 23.7 Å². The Bertz CT molecular complexity index is 740. The first-order valence-corrected chi connectivity index (χ1v) is 8.88. The lowest BCUT2D eigenvalue weighted by atomic mass is 10.1. The average Bonchev–Trinajstić information content (AvgIpc) is 3.26. The molecule has 1 saturated heterocycles. The third kappa shape index (κ3) is 3.65. The highest BCUT2D eigenvalue weighted by Gasteiger charge is 2.51. The summed E-state index contributed by atoms with van der Waals surface area (Å²) >= 11 is 0. The van der Waals surface area contributed by atoms with E-state index in [0.29, 0.717) is 18.8 Å². The lowest BCUT2D eigenvalue weighted by Crippen LogP contribution is -2.38. The second kappa shape index (κ2) is 7.20. The van der Waals surface area contributed by atoms with Crippen molar-refractivity contribution in [2.45, 2.75) is 45.4 Å². The molecule has 2 atom stereocenters. The van der Waals surface area contributed by atoms with E-state index in [9.17, 15) is 14.4 Å². The first-order valence-electron chi connectivity index (χ1n) is 8.88. The Labute approximate surface area is 152 Å². The molecule has 0 amide bonds. The van der Waals surface area contributed by atoms with Crippen molar-refractivity contribution in [2.75, 3.05) is 31.7 Å². The maximum Gasteiger partial charge on any atom is 0.340 e. The number of esters is 1. The van der Waals surface area contributed by atoms with Crippen LogP contribution in [0.15, 0.2) is 6.07 Å². The summed E-state index contributed by atoms with van der Waals surface area (Å²) in [5.74, 6) is 0.154. The van der Waals surface area contributed by atoms with E-state index in [1.165, 1.54) is 7.11 Å². The van der Waals surface area contributed by atoms with Gasteiger partial charge in [0, 0.05) is 18.5 Å². The van der Waals surface area contributed by atoms with Crippen LogP contribution in [-0.4, -0.2) is 50.0 Å². The number of aromatic nitrogens is 1. The van der Waals surface area contributed by atoms with Crippen molar-refractivity contribution in [1.29, 1.82) is 5.26 Å². The average molecular weight is 361 g/mol. The number of hydrogen-bond acceptors (Lipinski definition) is 6. The SMILES string of the molecule is COC(=O)c1cc(C)c(N2CCC(OC[C@]3(C)C[C@H]3F)CC2)nc1C#N. The molecule has 1 saturated carbocycles. The summed E-state index contributed by atoms with van der Waals surface area (Å²) in [4.78, 5) is 18.3. The minimum absolute atomic E-state index is 0.0754. The molecule has 3 rings (SSSR count). The van der Waals surface area contributed by atoms with Crippen LogP contribution in [0.25, 0.3) is 0 Å². The zero-order valence-electron chi connectivity index (χ0n) is 15.4. The summed E-state index contributed by atoms with van der Waals surface area (Å²) in [7, 11) is 1.28. The molecular formula is C19H24FN3O3. The number of nitrogens with zero attached hydrogens (tertiary/aromatic N) is 3. The molecule has 1 aromatic heterocycles. The number of alkyl halides is 1. The molecule has 1 aliphatic heterocycles. The van der Waals surface area contributed by atoms with Gasteiger partial charge in [-0.25, -0.2) is 14.2 Å². The van der Waals surface area contributed by atoms with Crippen molar-refractivity contribution in [1.82, 2.24) is 4.98 Å². The van der Waals surface area contributed by atoms with Gasteiger partial charge in [-0.05, 0) is 37.8 Å². The van der Waals surface area contributed by atoms with Gasteiger partial charge in [-0.2, -0.15) is 5.26 Å². The van der Waals surface area contributed by atoms with Crippen LogP contribution < -0.4 is 4.90 Å². The number of carbonyl (C=O) groups excluding carboxylic acids is 1. The van der Waals surface area contributed by atoms with Crippen molar-refractivity contribution >= 4 is 11.8 Å². The molecule has 0 aromatic carbocycles. The van der Waals surface area contributed by atoms with Gasteiger partial charge in [0.15, 0.2) is 5.69 Å². The van der Waals surface area contributed by atoms with E-state index in [4.69, 9.17) is 9.47 Å². The zero-order chi connectivity index (χ0) is 18.9. The predicted octanol–water partition coefficient (Wildman–Crippen LogP) is 2.78. The minimum Gasteiger partial charge on any atom is -0.465 e. The largest absolute Gasteiger partial charge is 0.465 e. The molecule has 7 heteroatoms. The third-order valence-corrected chi connectivity index (χ3v) is 5.33. The Morgan fingerprint density at radius 2 is 2.15 bits per heavy atom. The van der Waals surface area contributed by atoms with Gasteiger partial charge in [-0.15, -0.1) is 0 Å². The highest BCUT2D eigenvalue weighted by molar-refractivity contribution is 5.92. The number of anilines is 1. The highest BCUT2D eigenvalue weighted by atomic mass is 19.1. The van der Waals surface area contributed by atoms with Gasteiger partial charge < -0.3 is 14.4 Å². The summed E-state index contributed by atoms with van der Waals surface area (Å²) in [6.07, 6.45) is 1.65. The second-order valence-corrected chi connectivity index (χ2v) is 7.45. The van der Waals surface area contributed by atoms with Crippen LogP contribution in [0.5, 0.6) is 0 Å². The van der Waals surface area contributed by atoms with E-state index in [0.717, 1.165) is 31.5 Å². The maximum atomic E-state index is 13.3. The summed E-state index contributed by atoms with van der Waals surface area (Å²) in [6, 6.07) is 3.63. The topological polar surface area (TPSA) is 75.4 Å². The molecule has 26 heavy (non-hydrogen) atoms. The normalized spacial score (nSPS) is 25.7. The number of nitriles is 1. The van der Waals surface area contributed by atoms with Crippen molar-refractivity contribution in [3.8, 4) is 6.07 Å². The number of rotatable bonds is 5. The van der Waals surface area contributed by atoms with Gasteiger partial charge in [-0.3, -0.25) is 0 Å². The monoisotopic (exact) mass is 361 g/mol. The molecular weight excluding hydrogens is 337 g/mol. The molecule has 2 aliphatic rings. The Balaban J connectivity index is 1.64. The minimum atomic E-state index is -0.729. The van der Waals surface area contributed by atoms with Crippen LogP contribution in [0.4, 0.5) is 10.2 Å². The lowest BCUT2D eigenvalue weighted by molar-refractivity contribution is 0.00763. The van der Waals surface area contributed by atoms with E-state index in [-0.39, 0.29) is 22.8 Å². The van der Waals surface area contributed by atoms with Crippen molar-refractivity contribution in [3.05, 3.63) is 22.9 Å². The smallest absolute Gasteiger partial charge is 0.340 e. The number of ether oxygens (including phenoxy) is 2. The highest BCUT2D eigenvalue weighted by Crippen LogP contribution is 2.48. The van der Waals surface area contributed by atoms with Crippen LogP contribution in [0.3, 0.4) is 0 Å². The van der Waals surface area contributed by atoms with Crippen LogP contribution in [-0.2, 0) is 9.47 Å².